The number of hydrogen-bond acceptors (Lipinski definition) is 2. The van der Waals surface area contributed by atoms with Crippen molar-refractivity contribution in [2.24, 2.45) is 0 Å². The van der Waals surface area contributed by atoms with Gasteiger partial charge in [0.05, 0.1) is 5.69 Å². The smallest absolute Gasteiger partial charge is 0.406 e. The second-order valence-corrected chi connectivity index (χ2v) is 6.06. The second-order valence-electron chi connectivity index (χ2n) is 5.21. The summed E-state index contributed by atoms with van der Waals surface area (Å²) < 4.78 is 40.8. The number of fused-ring (bicyclic) bond motifs is 1. The average Bonchev–Trinajstić information content (AvgIpc) is 2.55. The summed E-state index contributed by atoms with van der Waals surface area (Å²) in [5.74, 6) is -0.737. The van der Waals surface area contributed by atoms with E-state index >= 15 is 0 Å². The van der Waals surface area contributed by atoms with Crippen LogP contribution in [0.1, 0.15) is 10.4 Å². The van der Waals surface area contributed by atoms with Crippen LogP contribution in [0.5, 0.6) is 5.75 Å². The molecule has 0 aliphatic carbocycles. The Morgan fingerprint density at radius 2 is 1.68 bits per heavy atom. The number of benzene rings is 3. The van der Waals surface area contributed by atoms with E-state index in [1.807, 2.05) is 30.3 Å². The van der Waals surface area contributed by atoms with E-state index in [1.54, 1.807) is 12.1 Å². The third-order valence-electron chi connectivity index (χ3n) is 3.43. The summed E-state index contributed by atoms with van der Waals surface area (Å²) in [4.78, 5) is 12.4. The lowest BCUT2D eigenvalue weighted by Gasteiger charge is -2.12. The van der Waals surface area contributed by atoms with Crippen LogP contribution in [-0.4, -0.2) is 12.3 Å². The van der Waals surface area contributed by atoms with Crippen LogP contribution in [0.4, 0.5) is 18.9 Å². The predicted molar refractivity (Wildman–Crippen MR) is 92.7 cm³/mol. The molecule has 3 nitrogen and oxygen atoms in total. The van der Waals surface area contributed by atoms with Crippen LogP contribution in [0.25, 0.3) is 10.8 Å². The van der Waals surface area contributed by atoms with Gasteiger partial charge in [-0.3, -0.25) is 4.79 Å². The van der Waals surface area contributed by atoms with Crippen molar-refractivity contribution >= 4 is 38.3 Å². The predicted octanol–water partition coefficient (Wildman–Crippen LogP) is 5.75. The minimum atomic E-state index is -4.77. The number of anilines is 1. The molecule has 25 heavy (non-hydrogen) atoms. The third-order valence-corrected chi connectivity index (χ3v) is 4.09. The van der Waals surface area contributed by atoms with Gasteiger partial charge in [0.1, 0.15) is 5.75 Å². The fourth-order valence-electron chi connectivity index (χ4n) is 2.32. The Balaban J connectivity index is 1.80. The largest absolute Gasteiger partial charge is 0.573 e. The highest BCUT2D eigenvalue weighted by Gasteiger charge is 2.31. The van der Waals surface area contributed by atoms with Gasteiger partial charge in [-0.25, -0.2) is 0 Å². The third kappa shape index (κ3) is 4.30. The maximum Gasteiger partial charge on any atom is 0.573 e. The minimum Gasteiger partial charge on any atom is -0.406 e. The Kier molecular flexibility index (Phi) is 4.67. The van der Waals surface area contributed by atoms with E-state index in [2.05, 4.69) is 26.0 Å². The molecule has 1 amide bonds. The molecule has 3 aromatic rings. The highest BCUT2D eigenvalue weighted by molar-refractivity contribution is 9.10. The number of rotatable bonds is 3. The Labute approximate surface area is 149 Å². The molecule has 0 heterocycles. The first-order chi connectivity index (χ1) is 11.8. The molecule has 7 heteroatoms. The van der Waals surface area contributed by atoms with E-state index in [9.17, 15) is 18.0 Å². The van der Waals surface area contributed by atoms with Gasteiger partial charge >= 0.3 is 6.36 Å². The Hall–Kier alpha value is -2.54. The number of ether oxygens (including phenoxy) is 1. The number of nitrogens with one attached hydrogen (secondary N) is 1. The van der Waals surface area contributed by atoms with Gasteiger partial charge in [-0.15, -0.1) is 13.2 Å². The lowest BCUT2D eigenvalue weighted by Crippen LogP contribution is -2.17. The summed E-state index contributed by atoms with van der Waals surface area (Å²) >= 11 is 3.13. The van der Waals surface area contributed by atoms with Crippen molar-refractivity contribution in [3.8, 4) is 5.75 Å². The number of halogens is 4. The molecule has 0 atom stereocenters. The highest BCUT2D eigenvalue weighted by Crippen LogP contribution is 2.31. The van der Waals surface area contributed by atoms with Crippen molar-refractivity contribution in [1.82, 2.24) is 0 Å². The molecule has 0 aliphatic rings. The number of alkyl halides is 3. The van der Waals surface area contributed by atoms with E-state index in [-0.39, 0.29) is 16.1 Å². The summed E-state index contributed by atoms with van der Waals surface area (Å²) in [5, 5.41) is 4.59. The van der Waals surface area contributed by atoms with Gasteiger partial charge < -0.3 is 10.1 Å². The first-order valence-electron chi connectivity index (χ1n) is 7.17. The van der Waals surface area contributed by atoms with E-state index in [0.29, 0.717) is 11.3 Å². The van der Waals surface area contributed by atoms with Crippen LogP contribution in [0.15, 0.2) is 65.1 Å². The molecule has 0 aromatic heterocycles. The Morgan fingerprint density at radius 3 is 2.36 bits per heavy atom. The van der Waals surface area contributed by atoms with Gasteiger partial charge in [0.25, 0.3) is 5.91 Å². The zero-order chi connectivity index (χ0) is 18.0. The molecule has 128 valence electrons. The minimum absolute atomic E-state index is 0.281. The molecule has 0 saturated heterocycles. The molecule has 0 spiro atoms. The van der Waals surface area contributed by atoms with Crippen LogP contribution in [0, 0.1) is 0 Å². The number of carbonyl (C=O) groups excluding carboxylic acids is 1. The van der Waals surface area contributed by atoms with Crippen LogP contribution in [0.2, 0.25) is 0 Å². The van der Waals surface area contributed by atoms with E-state index < -0.39 is 6.36 Å². The van der Waals surface area contributed by atoms with E-state index in [1.165, 1.54) is 6.07 Å². The zero-order valence-electron chi connectivity index (χ0n) is 12.6. The molecule has 1 N–H and O–H groups in total. The molecular weight excluding hydrogens is 399 g/mol. The van der Waals surface area contributed by atoms with Crippen LogP contribution in [0.3, 0.4) is 0 Å². The first kappa shape index (κ1) is 17.3. The molecule has 0 bridgehead atoms. The van der Waals surface area contributed by atoms with Gasteiger partial charge in [-0.2, -0.15) is 0 Å². The van der Waals surface area contributed by atoms with Crippen LogP contribution < -0.4 is 10.1 Å². The van der Waals surface area contributed by atoms with Gasteiger partial charge in [0, 0.05) is 10.0 Å². The topological polar surface area (TPSA) is 38.3 Å². The molecule has 0 saturated carbocycles. The summed E-state index contributed by atoms with van der Waals surface area (Å²) in [5.41, 5.74) is 0.786. The number of carbonyl (C=O) groups is 1. The maximum absolute atomic E-state index is 12.4. The van der Waals surface area contributed by atoms with E-state index in [0.717, 1.165) is 22.9 Å². The highest BCUT2D eigenvalue weighted by atomic mass is 79.9. The lowest BCUT2D eigenvalue weighted by atomic mass is 10.1. The summed E-state index contributed by atoms with van der Waals surface area (Å²) in [7, 11) is 0. The first-order valence-corrected chi connectivity index (χ1v) is 7.96. The maximum atomic E-state index is 12.4. The fraction of sp³-hybridized carbons (Fsp3) is 0.0556. The monoisotopic (exact) mass is 409 g/mol. The van der Waals surface area contributed by atoms with Crippen molar-refractivity contribution in [1.29, 1.82) is 0 Å². The van der Waals surface area contributed by atoms with Gasteiger partial charge in [0.15, 0.2) is 0 Å². The summed E-state index contributed by atoms with van der Waals surface area (Å²) in [6, 6.07) is 16.5. The molecule has 0 aliphatic heterocycles. The second kappa shape index (κ2) is 6.76. The summed E-state index contributed by atoms with van der Waals surface area (Å²) in [6.45, 7) is 0. The molecule has 3 aromatic carbocycles. The Bertz CT molecular complexity index is 941. The van der Waals surface area contributed by atoms with Gasteiger partial charge in [-0.05, 0) is 57.0 Å². The Morgan fingerprint density at radius 1 is 0.960 bits per heavy atom. The zero-order valence-corrected chi connectivity index (χ0v) is 14.2. The summed E-state index contributed by atoms with van der Waals surface area (Å²) in [6.07, 6.45) is -4.77. The standard InChI is InChI=1S/C18H11BrF3NO2/c19-15-10-14(25-18(20,21)22)7-8-16(15)23-17(24)13-6-5-11-3-1-2-4-12(11)9-13/h1-10H,(H,23,24). The molecular formula is C18H11BrF3NO2. The number of hydrogen-bond donors (Lipinski definition) is 1. The van der Waals surface area contributed by atoms with Crippen molar-refractivity contribution in [3.05, 3.63) is 70.7 Å². The average molecular weight is 410 g/mol. The van der Waals surface area contributed by atoms with Crippen molar-refractivity contribution in [2.75, 3.05) is 5.32 Å². The van der Waals surface area contributed by atoms with Crippen molar-refractivity contribution < 1.29 is 22.7 Å². The quantitative estimate of drug-likeness (QED) is 0.597. The molecule has 0 unspecified atom stereocenters. The van der Waals surface area contributed by atoms with Crippen molar-refractivity contribution in [3.63, 3.8) is 0 Å². The molecule has 3 rings (SSSR count). The van der Waals surface area contributed by atoms with Crippen LogP contribution >= 0.6 is 15.9 Å². The number of amides is 1. The van der Waals surface area contributed by atoms with Gasteiger partial charge in [-0.1, -0.05) is 30.3 Å². The fourth-order valence-corrected chi connectivity index (χ4v) is 2.78. The normalized spacial score (nSPS) is 11.4. The van der Waals surface area contributed by atoms with Gasteiger partial charge in [0.2, 0.25) is 0 Å². The molecule has 0 radical (unpaired) electrons. The molecule has 0 fully saturated rings. The van der Waals surface area contributed by atoms with Crippen LogP contribution in [-0.2, 0) is 0 Å². The SMILES string of the molecule is O=C(Nc1ccc(OC(F)(F)F)cc1Br)c1ccc2ccccc2c1. The van der Waals surface area contributed by atoms with Crippen molar-refractivity contribution in [2.45, 2.75) is 6.36 Å². The van der Waals surface area contributed by atoms with E-state index in [4.69, 9.17) is 0 Å². The lowest BCUT2D eigenvalue weighted by molar-refractivity contribution is -0.274.